The van der Waals surface area contributed by atoms with E-state index < -0.39 is 25.1 Å². The maximum absolute atomic E-state index is 13.3. The van der Waals surface area contributed by atoms with E-state index in [1.54, 1.807) is 0 Å². The summed E-state index contributed by atoms with van der Waals surface area (Å²) in [5.41, 5.74) is -0.678. The molecule has 0 radical (unpaired) electrons. The summed E-state index contributed by atoms with van der Waals surface area (Å²) in [6.45, 7) is 3.29. The van der Waals surface area contributed by atoms with Crippen LogP contribution in [0.2, 0.25) is 0 Å². The van der Waals surface area contributed by atoms with Crippen LogP contribution in [0.1, 0.15) is 47.0 Å². The van der Waals surface area contributed by atoms with Gasteiger partial charge in [-0.05, 0) is 64.0 Å². The second kappa shape index (κ2) is 8.44. The molecule has 2 aromatic rings. The van der Waals surface area contributed by atoms with Crippen molar-refractivity contribution in [2.45, 2.75) is 44.3 Å². The summed E-state index contributed by atoms with van der Waals surface area (Å²) in [6.07, 6.45) is 2.85. The molecule has 0 spiro atoms. The first kappa shape index (κ1) is 22.7. The number of carbonyl (C=O) groups excluding carboxylic acids is 3. The lowest BCUT2D eigenvalue weighted by molar-refractivity contribution is -0.137. The Morgan fingerprint density at radius 2 is 1.94 bits per heavy atom. The first-order chi connectivity index (χ1) is 15.0. The SMILES string of the molecule is C[C@@H]1CC[C@@H]2CCN(C)C[C@H](NC(=O)c3cc4cc(C(=O)P(=O)(O)O)ccc4[nH]3)C(=O)N21. The molecule has 0 unspecified atom stereocenters. The Labute approximate surface area is 185 Å². The molecule has 11 heteroatoms. The topological polar surface area (TPSA) is 143 Å². The number of hydrogen-bond acceptors (Lipinski definition) is 5. The molecule has 2 amide bonds. The van der Waals surface area contributed by atoms with Crippen LogP contribution in [0.5, 0.6) is 0 Å². The maximum Gasteiger partial charge on any atom is 0.396 e. The van der Waals surface area contributed by atoms with Gasteiger partial charge in [-0.25, -0.2) is 0 Å². The fourth-order valence-electron chi connectivity index (χ4n) is 4.68. The molecule has 0 aliphatic carbocycles. The number of nitrogens with zero attached hydrogens (tertiary/aromatic N) is 2. The fourth-order valence-corrected chi connectivity index (χ4v) is 5.16. The second-order valence-corrected chi connectivity index (χ2v) is 10.2. The molecule has 3 atom stereocenters. The summed E-state index contributed by atoms with van der Waals surface area (Å²) in [6, 6.07) is 5.26. The van der Waals surface area contributed by atoms with Crippen molar-refractivity contribution in [2.24, 2.45) is 0 Å². The predicted octanol–water partition coefficient (Wildman–Crippen LogP) is 1.30. The molecule has 2 aliphatic heterocycles. The summed E-state index contributed by atoms with van der Waals surface area (Å²) in [5.74, 6) is -0.537. The van der Waals surface area contributed by atoms with Crippen LogP contribution in [-0.2, 0) is 9.36 Å². The van der Waals surface area contributed by atoms with Crippen LogP contribution < -0.4 is 5.32 Å². The number of H-pyrrole nitrogens is 1. The number of hydrogen-bond donors (Lipinski definition) is 4. The van der Waals surface area contributed by atoms with E-state index in [-0.39, 0.29) is 29.2 Å². The molecule has 10 nitrogen and oxygen atoms in total. The molecule has 2 aliphatic rings. The third-order valence-corrected chi connectivity index (χ3v) is 7.15. The summed E-state index contributed by atoms with van der Waals surface area (Å²) in [5, 5.41) is 3.31. The van der Waals surface area contributed by atoms with Gasteiger partial charge in [0.15, 0.2) is 0 Å². The molecule has 4 rings (SSSR count). The van der Waals surface area contributed by atoms with Gasteiger partial charge in [0.2, 0.25) is 5.91 Å². The molecule has 1 aromatic heterocycles. The van der Waals surface area contributed by atoms with E-state index in [0.717, 1.165) is 25.8 Å². The molecule has 0 bridgehead atoms. The number of likely N-dealkylation sites (N-methyl/N-ethyl adjacent to an activating group) is 1. The highest BCUT2D eigenvalue weighted by atomic mass is 31.2. The molecule has 1 aromatic carbocycles. The molecule has 4 N–H and O–H groups in total. The Balaban J connectivity index is 1.56. The van der Waals surface area contributed by atoms with Crippen LogP contribution in [-0.4, -0.2) is 80.2 Å². The van der Waals surface area contributed by atoms with E-state index in [1.807, 2.05) is 23.8 Å². The molecule has 2 saturated heterocycles. The minimum atomic E-state index is -4.90. The van der Waals surface area contributed by atoms with Gasteiger partial charge in [0.25, 0.3) is 11.4 Å². The number of aromatic amines is 1. The molecule has 3 heterocycles. The normalized spacial score (nSPS) is 24.8. The quantitative estimate of drug-likeness (QED) is 0.502. The predicted molar refractivity (Wildman–Crippen MR) is 117 cm³/mol. The lowest BCUT2D eigenvalue weighted by Crippen LogP contribution is -2.57. The fraction of sp³-hybridized carbons (Fsp3) is 0.476. The standard InChI is InChI=1S/C21H27N4O6P/c1-12-3-5-15-7-8-24(2)11-18(20(27)25(12)15)23-19(26)17-10-14-9-13(4-6-16(14)22-17)21(28)32(29,30)31/h4,6,9-10,12,15,18,22H,3,5,7-8,11H2,1-2H3,(H,23,26)(H2,29,30,31)/t12-,15-,18+/m1/s1. The van der Waals surface area contributed by atoms with E-state index in [2.05, 4.69) is 10.3 Å². The zero-order valence-corrected chi connectivity index (χ0v) is 18.8. The van der Waals surface area contributed by atoms with Crippen molar-refractivity contribution in [2.75, 3.05) is 20.1 Å². The first-order valence-electron chi connectivity index (χ1n) is 10.6. The summed E-state index contributed by atoms with van der Waals surface area (Å²) in [4.78, 5) is 63.2. The monoisotopic (exact) mass is 462 g/mol. The zero-order valence-electron chi connectivity index (χ0n) is 17.9. The van der Waals surface area contributed by atoms with E-state index in [9.17, 15) is 18.9 Å². The molecule has 32 heavy (non-hydrogen) atoms. The van der Waals surface area contributed by atoms with Gasteiger partial charge in [-0.2, -0.15) is 0 Å². The van der Waals surface area contributed by atoms with Crippen LogP contribution in [0.4, 0.5) is 0 Å². The van der Waals surface area contributed by atoms with Gasteiger partial charge in [0.05, 0.1) is 0 Å². The second-order valence-electron chi connectivity index (χ2n) is 8.74. The van der Waals surface area contributed by atoms with Crippen molar-refractivity contribution < 1.29 is 28.7 Å². The number of carbonyl (C=O) groups is 3. The molecule has 172 valence electrons. The van der Waals surface area contributed by atoms with Gasteiger partial charge in [0.1, 0.15) is 11.7 Å². The van der Waals surface area contributed by atoms with Crippen LogP contribution in [0.25, 0.3) is 10.9 Å². The van der Waals surface area contributed by atoms with Gasteiger partial charge in [-0.3, -0.25) is 18.9 Å². The Kier molecular flexibility index (Phi) is 5.98. The third-order valence-electron chi connectivity index (χ3n) is 6.36. The molecule has 0 saturated carbocycles. The number of amides is 2. The van der Waals surface area contributed by atoms with Crippen molar-refractivity contribution in [3.05, 3.63) is 35.5 Å². The van der Waals surface area contributed by atoms with Crippen LogP contribution in [0, 0.1) is 0 Å². The first-order valence-corrected chi connectivity index (χ1v) is 12.2. The Morgan fingerprint density at radius 1 is 1.19 bits per heavy atom. The zero-order chi connectivity index (χ0) is 23.2. The maximum atomic E-state index is 13.3. The average molecular weight is 462 g/mol. The lowest BCUT2D eigenvalue weighted by Gasteiger charge is -2.37. The molecule has 2 fully saturated rings. The van der Waals surface area contributed by atoms with Crippen LogP contribution in [0.3, 0.4) is 0 Å². The number of benzene rings is 1. The summed E-state index contributed by atoms with van der Waals surface area (Å²) >= 11 is 0. The minimum absolute atomic E-state index is 0.0782. The smallest absolute Gasteiger partial charge is 0.351 e. The summed E-state index contributed by atoms with van der Waals surface area (Å²) in [7, 11) is -2.97. The molecular formula is C21H27N4O6P. The van der Waals surface area contributed by atoms with Crippen LogP contribution >= 0.6 is 7.60 Å². The third kappa shape index (κ3) is 4.36. The number of fused-ring (bicyclic) bond motifs is 2. The Bertz CT molecular complexity index is 1120. The van der Waals surface area contributed by atoms with E-state index in [1.165, 1.54) is 24.3 Å². The number of rotatable bonds is 4. The Hall–Kier alpha value is -2.52. The largest absolute Gasteiger partial charge is 0.396 e. The van der Waals surface area contributed by atoms with Crippen molar-refractivity contribution >= 4 is 35.8 Å². The number of aromatic nitrogens is 1. The summed E-state index contributed by atoms with van der Waals surface area (Å²) < 4.78 is 11.2. The Morgan fingerprint density at radius 3 is 2.66 bits per heavy atom. The highest BCUT2D eigenvalue weighted by Crippen LogP contribution is 2.39. The number of nitrogens with one attached hydrogen (secondary N) is 2. The minimum Gasteiger partial charge on any atom is -0.351 e. The van der Waals surface area contributed by atoms with Crippen molar-refractivity contribution in [3.63, 3.8) is 0 Å². The van der Waals surface area contributed by atoms with Gasteiger partial charge < -0.3 is 29.9 Å². The highest BCUT2D eigenvalue weighted by Gasteiger charge is 2.40. The van der Waals surface area contributed by atoms with Gasteiger partial charge in [-0.1, -0.05) is 0 Å². The lowest BCUT2D eigenvalue weighted by atomic mass is 10.1. The van der Waals surface area contributed by atoms with Gasteiger partial charge in [-0.15, -0.1) is 0 Å². The van der Waals surface area contributed by atoms with Crippen molar-refractivity contribution in [1.29, 1.82) is 0 Å². The molecular weight excluding hydrogens is 435 g/mol. The van der Waals surface area contributed by atoms with E-state index in [0.29, 0.717) is 17.4 Å². The van der Waals surface area contributed by atoms with Crippen molar-refractivity contribution in [3.8, 4) is 0 Å². The van der Waals surface area contributed by atoms with E-state index in [4.69, 9.17) is 9.79 Å². The van der Waals surface area contributed by atoms with E-state index >= 15 is 0 Å². The average Bonchev–Trinajstić information content (AvgIpc) is 3.31. The van der Waals surface area contributed by atoms with Crippen LogP contribution in [0.15, 0.2) is 24.3 Å². The van der Waals surface area contributed by atoms with Gasteiger partial charge in [0, 0.05) is 35.1 Å². The highest BCUT2D eigenvalue weighted by molar-refractivity contribution is 7.70. The van der Waals surface area contributed by atoms with Crippen molar-refractivity contribution in [1.82, 2.24) is 20.1 Å². The van der Waals surface area contributed by atoms with Gasteiger partial charge >= 0.3 is 7.60 Å².